The molecule has 0 saturated carbocycles. The van der Waals surface area contributed by atoms with Gasteiger partial charge in [0.05, 0.1) is 18.8 Å². The van der Waals surface area contributed by atoms with Crippen LogP contribution in [0, 0.1) is 0 Å². The van der Waals surface area contributed by atoms with Gasteiger partial charge in [0.2, 0.25) is 0 Å². The van der Waals surface area contributed by atoms with E-state index in [2.05, 4.69) is 5.32 Å². The largest absolute Gasteiger partial charge is 0.482 e. The first-order valence-electron chi connectivity index (χ1n) is 9.74. The summed E-state index contributed by atoms with van der Waals surface area (Å²) in [6.07, 6.45) is 0.0903. The molecule has 7 heteroatoms. The topological polar surface area (TPSA) is 88.0 Å². The summed E-state index contributed by atoms with van der Waals surface area (Å²) < 4.78 is 10.3. The number of aliphatic hydroxyl groups is 2. The minimum atomic E-state index is -0.739. The van der Waals surface area contributed by atoms with Gasteiger partial charge in [-0.25, -0.2) is 4.79 Å². The molecule has 0 saturated heterocycles. The molecule has 0 bridgehead atoms. The van der Waals surface area contributed by atoms with E-state index >= 15 is 0 Å². The molecule has 3 atom stereocenters. The molecule has 156 valence electrons. The fraction of sp³-hybridized carbons (Fsp3) is 0.409. The Labute approximate surface area is 175 Å². The molecular weight excluding hydrogens is 394 g/mol. The third-order valence-corrected chi connectivity index (χ3v) is 5.25. The van der Waals surface area contributed by atoms with Crippen molar-refractivity contribution in [2.24, 2.45) is 0 Å². The van der Waals surface area contributed by atoms with E-state index in [0.29, 0.717) is 23.9 Å². The maximum Gasteiger partial charge on any atom is 0.344 e. The van der Waals surface area contributed by atoms with Crippen LogP contribution in [0.15, 0.2) is 42.5 Å². The first-order chi connectivity index (χ1) is 14.0. The van der Waals surface area contributed by atoms with Crippen molar-refractivity contribution >= 4 is 17.6 Å². The number of carbonyl (C=O) groups is 1. The highest BCUT2D eigenvalue weighted by molar-refractivity contribution is 6.30. The quantitative estimate of drug-likeness (QED) is 0.570. The minimum Gasteiger partial charge on any atom is -0.482 e. The van der Waals surface area contributed by atoms with Crippen LogP contribution in [-0.4, -0.2) is 42.0 Å². The van der Waals surface area contributed by atoms with Crippen molar-refractivity contribution in [1.29, 1.82) is 0 Å². The summed E-state index contributed by atoms with van der Waals surface area (Å²) in [4.78, 5) is 11.5. The van der Waals surface area contributed by atoms with Gasteiger partial charge in [-0.05, 0) is 60.7 Å². The van der Waals surface area contributed by atoms with E-state index in [9.17, 15) is 15.0 Å². The monoisotopic (exact) mass is 419 g/mol. The summed E-state index contributed by atoms with van der Waals surface area (Å²) in [6.45, 7) is 2.18. The van der Waals surface area contributed by atoms with Gasteiger partial charge in [-0.1, -0.05) is 29.8 Å². The van der Waals surface area contributed by atoms with Gasteiger partial charge < -0.3 is 25.0 Å². The summed E-state index contributed by atoms with van der Waals surface area (Å²) >= 11 is 5.98. The summed E-state index contributed by atoms with van der Waals surface area (Å²) in [5.74, 6) is 0.0794. The first-order valence-corrected chi connectivity index (χ1v) is 10.1. The summed E-state index contributed by atoms with van der Waals surface area (Å²) in [5.41, 5.74) is 2.55. The number of rotatable bonds is 8. The average molecular weight is 420 g/mol. The highest BCUT2D eigenvalue weighted by atomic mass is 35.5. The number of aryl methyl sites for hydroxylation is 1. The zero-order valence-corrected chi connectivity index (χ0v) is 17.1. The highest BCUT2D eigenvalue weighted by Gasteiger charge is 2.28. The van der Waals surface area contributed by atoms with Gasteiger partial charge in [-0.3, -0.25) is 0 Å². The number of fused-ring (bicyclic) bond motifs is 1. The number of carbonyl (C=O) groups excluding carboxylic acids is 1. The summed E-state index contributed by atoms with van der Waals surface area (Å²) in [6, 6.07) is 12.4. The van der Waals surface area contributed by atoms with Crippen LogP contribution in [-0.2, 0) is 16.0 Å². The van der Waals surface area contributed by atoms with E-state index in [1.54, 1.807) is 37.3 Å². The molecule has 2 aromatic rings. The maximum atomic E-state index is 11.5. The molecule has 0 aliphatic heterocycles. The van der Waals surface area contributed by atoms with Crippen LogP contribution in [0.3, 0.4) is 0 Å². The van der Waals surface area contributed by atoms with Crippen molar-refractivity contribution in [1.82, 2.24) is 5.32 Å². The van der Waals surface area contributed by atoms with Crippen LogP contribution in [0.25, 0.3) is 0 Å². The fourth-order valence-electron chi connectivity index (χ4n) is 3.50. The van der Waals surface area contributed by atoms with E-state index in [1.165, 1.54) is 0 Å². The van der Waals surface area contributed by atoms with Gasteiger partial charge in [-0.15, -0.1) is 0 Å². The maximum absolute atomic E-state index is 11.5. The number of aliphatic hydroxyl groups excluding tert-OH is 2. The Hall–Kier alpha value is -2.12. The minimum absolute atomic E-state index is 0.170. The van der Waals surface area contributed by atoms with Crippen LogP contribution >= 0.6 is 11.6 Å². The second kappa shape index (κ2) is 10.1. The van der Waals surface area contributed by atoms with Gasteiger partial charge >= 0.3 is 5.97 Å². The molecular formula is C22H26ClNO5. The van der Waals surface area contributed by atoms with Crippen molar-refractivity contribution in [3.05, 3.63) is 64.2 Å². The number of hydrogen-bond acceptors (Lipinski definition) is 6. The van der Waals surface area contributed by atoms with E-state index in [4.69, 9.17) is 21.1 Å². The van der Waals surface area contributed by atoms with Crippen LogP contribution in [0.4, 0.5) is 0 Å². The molecule has 0 spiro atoms. The Kier molecular flexibility index (Phi) is 7.50. The lowest BCUT2D eigenvalue weighted by molar-refractivity contribution is -0.145. The van der Waals surface area contributed by atoms with Crippen LogP contribution < -0.4 is 10.1 Å². The van der Waals surface area contributed by atoms with E-state index < -0.39 is 18.2 Å². The van der Waals surface area contributed by atoms with Crippen LogP contribution in [0.5, 0.6) is 5.75 Å². The Balaban J connectivity index is 1.61. The smallest absolute Gasteiger partial charge is 0.344 e. The van der Waals surface area contributed by atoms with Gasteiger partial charge in [0.25, 0.3) is 0 Å². The molecule has 0 heterocycles. The molecule has 3 rings (SSSR count). The number of esters is 1. The molecule has 0 unspecified atom stereocenters. The lowest BCUT2D eigenvalue weighted by atomic mass is 9.85. The average Bonchev–Trinajstić information content (AvgIpc) is 2.72. The first kappa shape index (κ1) is 21.6. The molecule has 1 aliphatic rings. The second-order valence-corrected chi connectivity index (χ2v) is 7.46. The number of nitrogens with one attached hydrogen (secondary N) is 1. The molecule has 0 amide bonds. The highest BCUT2D eigenvalue weighted by Crippen LogP contribution is 2.33. The number of halogens is 1. The van der Waals surface area contributed by atoms with Crippen LogP contribution in [0.1, 0.15) is 42.2 Å². The standard InChI is InChI=1S/C22H26ClNO5/c1-2-28-21(26)13-29-17-8-6-14-7-9-19(22(27)18(14)11-17)24-12-20(25)15-4-3-5-16(23)10-15/h3-6,8,10-11,19-20,22,24-25,27H,2,7,9,12-13H2,1H3/t19-,20-,22-/m0/s1. The summed E-state index contributed by atoms with van der Waals surface area (Å²) in [7, 11) is 0. The Bertz CT molecular complexity index is 844. The van der Waals surface area contributed by atoms with Crippen molar-refractivity contribution in [2.45, 2.75) is 38.0 Å². The van der Waals surface area contributed by atoms with Crippen LogP contribution in [0.2, 0.25) is 5.02 Å². The lowest BCUT2D eigenvalue weighted by Gasteiger charge is -2.32. The number of hydrogen-bond donors (Lipinski definition) is 3. The second-order valence-electron chi connectivity index (χ2n) is 7.02. The molecule has 6 nitrogen and oxygen atoms in total. The predicted molar refractivity (Wildman–Crippen MR) is 110 cm³/mol. The number of benzene rings is 2. The Morgan fingerprint density at radius 3 is 2.90 bits per heavy atom. The third-order valence-electron chi connectivity index (χ3n) is 5.01. The van der Waals surface area contributed by atoms with Crippen molar-refractivity contribution in [2.75, 3.05) is 19.8 Å². The fourth-order valence-corrected chi connectivity index (χ4v) is 3.70. The lowest BCUT2D eigenvalue weighted by Crippen LogP contribution is -2.40. The van der Waals surface area contributed by atoms with Crippen molar-refractivity contribution in [3.8, 4) is 5.75 Å². The zero-order chi connectivity index (χ0) is 20.8. The van der Waals surface area contributed by atoms with Gasteiger partial charge in [0.1, 0.15) is 5.75 Å². The van der Waals surface area contributed by atoms with Gasteiger partial charge in [-0.2, -0.15) is 0 Å². The molecule has 2 aromatic carbocycles. The van der Waals surface area contributed by atoms with Gasteiger partial charge in [0, 0.05) is 17.6 Å². The van der Waals surface area contributed by atoms with E-state index in [1.807, 2.05) is 12.1 Å². The number of ether oxygens (including phenoxy) is 2. The van der Waals surface area contributed by atoms with E-state index in [-0.39, 0.29) is 12.6 Å². The zero-order valence-electron chi connectivity index (χ0n) is 16.3. The van der Waals surface area contributed by atoms with Crippen molar-refractivity contribution in [3.63, 3.8) is 0 Å². The molecule has 0 aromatic heterocycles. The SMILES string of the molecule is CCOC(=O)COc1ccc2c(c1)[C@H](O)[C@@H](NC[C@H](O)c1cccc(Cl)c1)CC2. The van der Waals surface area contributed by atoms with Gasteiger partial charge in [0.15, 0.2) is 6.61 Å². The van der Waals surface area contributed by atoms with Crippen molar-refractivity contribution < 1.29 is 24.5 Å². The molecule has 3 N–H and O–H groups in total. The predicted octanol–water partition coefficient (Wildman–Crippen LogP) is 2.95. The Morgan fingerprint density at radius 2 is 2.14 bits per heavy atom. The Morgan fingerprint density at radius 1 is 1.31 bits per heavy atom. The molecule has 0 radical (unpaired) electrons. The molecule has 0 fully saturated rings. The molecule has 1 aliphatic carbocycles. The normalized spacial score (nSPS) is 19.3. The molecule has 29 heavy (non-hydrogen) atoms. The van der Waals surface area contributed by atoms with E-state index in [0.717, 1.165) is 29.5 Å². The third kappa shape index (κ3) is 5.70. The summed E-state index contributed by atoms with van der Waals surface area (Å²) in [5, 5.41) is 25.1.